The molecule has 1 rings (SSSR count). The Bertz CT molecular complexity index is 478. The summed E-state index contributed by atoms with van der Waals surface area (Å²) in [5.74, 6) is 0. The van der Waals surface area contributed by atoms with Gasteiger partial charge in [-0.25, -0.2) is 0 Å². The highest BCUT2D eigenvalue weighted by Crippen LogP contribution is 2.30. The standard InChI is InChI=1S/C6H4N5O4/c7-9-8-5-2-1-4(10(12)13)3-6(5)11(14)15/h1-3,7H/q+1. The third-order valence-electron chi connectivity index (χ3n) is 1.52. The summed E-state index contributed by atoms with van der Waals surface area (Å²) in [5, 5.41) is 24.0. The number of nitrogens with zero attached hydrogens (tertiary/aromatic N) is 4. The van der Waals surface area contributed by atoms with Crippen LogP contribution in [0.5, 0.6) is 0 Å². The Morgan fingerprint density at radius 2 is 1.93 bits per heavy atom. The van der Waals surface area contributed by atoms with Crippen LogP contribution in [0.2, 0.25) is 0 Å². The van der Waals surface area contributed by atoms with Gasteiger partial charge >= 0.3 is 5.69 Å². The van der Waals surface area contributed by atoms with Crippen LogP contribution in [0.1, 0.15) is 0 Å². The molecule has 9 nitrogen and oxygen atoms in total. The molecule has 0 amide bonds. The molecule has 0 saturated carbocycles. The zero-order valence-corrected chi connectivity index (χ0v) is 7.15. The fourth-order valence-corrected chi connectivity index (χ4v) is 0.910. The van der Waals surface area contributed by atoms with Crippen LogP contribution >= 0.6 is 0 Å². The lowest BCUT2D eigenvalue weighted by molar-refractivity contribution is -0.393. The molecule has 76 valence electrons. The number of nitrogens with one attached hydrogen (secondary N) is 1. The predicted molar refractivity (Wildman–Crippen MR) is 46.7 cm³/mol. The number of hydrogen-bond donors (Lipinski definition) is 1. The average molecular weight is 210 g/mol. The summed E-state index contributed by atoms with van der Waals surface area (Å²) in [5.41, 5.74) is 5.26. The lowest BCUT2D eigenvalue weighted by atomic mass is 10.2. The normalized spacial score (nSPS) is 9.07. The van der Waals surface area contributed by atoms with Crippen LogP contribution in [0.25, 0.3) is 0 Å². The maximum Gasteiger partial charge on any atom is 0.309 e. The Morgan fingerprint density at radius 1 is 1.27 bits per heavy atom. The molecule has 9 heteroatoms. The van der Waals surface area contributed by atoms with Crippen LogP contribution in [0.15, 0.2) is 23.3 Å². The highest BCUT2D eigenvalue weighted by Gasteiger charge is 2.21. The number of benzene rings is 1. The molecule has 1 N–H and O–H groups in total. The van der Waals surface area contributed by atoms with Crippen LogP contribution in [-0.4, -0.2) is 9.85 Å². The van der Waals surface area contributed by atoms with Gasteiger partial charge in [0.2, 0.25) is 10.6 Å². The van der Waals surface area contributed by atoms with E-state index < -0.39 is 21.2 Å². The van der Waals surface area contributed by atoms with Gasteiger partial charge in [-0.15, -0.1) is 0 Å². The van der Waals surface area contributed by atoms with E-state index >= 15 is 0 Å². The van der Waals surface area contributed by atoms with Crippen molar-refractivity contribution in [3.8, 4) is 0 Å². The SMILES string of the molecule is N=[N+]=Nc1ccc([N+](=O)[O-])cc1[N+](=O)[O-]. The maximum absolute atomic E-state index is 10.5. The second-order valence-electron chi connectivity index (χ2n) is 2.39. The smallest absolute Gasteiger partial charge is 0.258 e. The van der Waals surface area contributed by atoms with Crippen molar-refractivity contribution in [1.82, 2.24) is 4.91 Å². The van der Waals surface area contributed by atoms with E-state index in [2.05, 4.69) is 10.0 Å². The zero-order valence-electron chi connectivity index (χ0n) is 7.15. The molecule has 1 aromatic rings. The van der Waals surface area contributed by atoms with Crippen molar-refractivity contribution < 1.29 is 9.85 Å². The molecule has 0 bridgehead atoms. The first-order chi connectivity index (χ1) is 7.06. The Morgan fingerprint density at radius 3 is 2.40 bits per heavy atom. The summed E-state index contributed by atoms with van der Waals surface area (Å²) < 4.78 is 0. The lowest BCUT2D eigenvalue weighted by Gasteiger charge is -1.92. The maximum atomic E-state index is 10.5. The van der Waals surface area contributed by atoms with Gasteiger partial charge in [-0.3, -0.25) is 20.2 Å². The number of rotatable bonds is 3. The van der Waals surface area contributed by atoms with E-state index in [1.165, 1.54) is 0 Å². The summed E-state index contributed by atoms with van der Waals surface area (Å²) >= 11 is 0. The van der Waals surface area contributed by atoms with E-state index in [1.54, 1.807) is 0 Å². The molecule has 0 unspecified atom stereocenters. The molecule has 0 spiro atoms. The van der Waals surface area contributed by atoms with Crippen molar-refractivity contribution >= 4 is 17.1 Å². The molecule has 0 aliphatic carbocycles. The van der Waals surface area contributed by atoms with E-state index in [1.807, 2.05) is 0 Å². The van der Waals surface area contributed by atoms with Crippen molar-refractivity contribution in [3.05, 3.63) is 38.4 Å². The molecular formula is C6H4N5O4+. The van der Waals surface area contributed by atoms with Crippen LogP contribution in [0.3, 0.4) is 0 Å². The monoisotopic (exact) mass is 210 g/mol. The van der Waals surface area contributed by atoms with Crippen LogP contribution in [0, 0.1) is 25.8 Å². The van der Waals surface area contributed by atoms with E-state index in [0.717, 1.165) is 18.2 Å². The minimum Gasteiger partial charge on any atom is -0.258 e. The third kappa shape index (κ3) is 2.17. The predicted octanol–water partition coefficient (Wildman–Crippen LogP) is 1.68. The molecule has 15 heavy (non-hydrogen) atoms. The van der Waals surface area contributed by atoms with Gasteiger partial charge in [-0.2, -0.15) is 0 Å². The molecule has 1 aromatic carbocycles. The fourth-order valence-electron chi connectivity index (χ4n) is 0.910. The first-order valence-corrected chi connectivity index (χ1v) is 3.56. The zero-order chi connectivity index (χ0) is 11.4. The van der Waals surface area contributed by atoms with Gasteiger partial charge in [0.05, 0.1) is 15.9 Å². The number of nitro groups is 2. The Kier molecular flexibility index (Phi) is 2.79. The highest BCUT2D eigenvalue weighted by molar-refractivity contribution is 5.61. The van der Waals surface area contributed by atoms with E-state index in [-0.39, 0.29) is 5.69 Å². The highest BCUT2D eigenvalue weighted by atomic mass is 16.6. The molecule has 0 atom stereocenters. The summed E-state index contributed by atoms with van der Waals surface area (Å²) in [6, 6.07) is 2.88. The van der Waals surface area contributed by atoms with Crippen LogP contribution < -0.4 is 4.91 Å². The molecule has 0 radical (unpaired) electrons. The fraction of sp³-hybridized carbons (Fsp3) is 0. The largest absolute Gasteiger partial charge is 0.309 e. The van der Waals surface area contributed by atoms with Crippen molar-refractivity contribution in [2.45, 2.75) is 0 Å². The third-order valence-corrected chi connectivity index (χ3v) is 1.52. The first-order valence-electron chi connectivity index (χ1n) is 3.56. The summed E-state index contributed by atoms with van der Waals surface area (Å²) in [4.78, 5) is 21.9. The average Bonchev–Trinajstić information content (AvgIpc) is 2.18. The van der Waals surface area contributed by atoms with E-state index in [4.69, 9.17) is 5.53 Å². The second kappa shape index (κ2) is 4.03. The van der Waals surface area contributed by atoms with Crippen molar-refractivity contribution in [2.75, 3.05) is 0 Å². The summed E-state index contributed by atoms with van der Waals surface area (Å²) in [6.45, 7) is 0. The molecule has 0 aliphatic rings. The van der Waals surface area contributed by atoms with Gasteiger partial charge in [-0.05, 0) is 6.07 Å². The van der Waals surface area contributed by atoms with Gasteiger partial charge in [0, 0.05) is 6.07 Å². The van der Waals surface area contributed by atoms with Gasteiger partial charge < -0.3 is 0 Å². The van der Waals surface area contributed by atoms with Gasteiger partial charge in [0.15, 0.2) is 5.11 Å². The molecule has 0 heterocycles. The molecular weight excluding hydrogens is 206 g/mol. The summed E-state index contributed by atoms with van der Waals surface area (Å²) in [6.07, 6.45) is 0. The quantitative estimate of drug-likeness (QED) is 0.351. The Hall–Kier alpha value is -2.67. The molecule has 0 saturated heterocycles. The van der Waals surface area contributed by atoms with E-state index in [9.17, 15) is 20.2 Å². The molecule has 0 aromatic heterocycles. The lowest BCUT2D eigenvalue weighted by Crippen LogP contribution is -1.92. The first kappa shape index (κ1) is 10.4. The van der Waals surface area contributed by atoms with Crippen LogP contribution in [0.4, 0.5) is 17.1 Å². The molecule has 0 aliphatic heterocycles. The summed E-state index contributed by atoms with van der Waals surface area (Å²) in [7, 11) is 0. The van der Waals surface area contributed by atoms with Crippen molar-refractivity contribution in [1.29, 1.82) is 5.53 Å². The number of non-ortho nitro benzene ring substituents is 1. The van der Waals surface area contributed by atoms with Gasteiger partial charge in [0.1, 0.15) is 5.53 Å². The van der Waals surface area contributed by atoms with Crippen LogP contribution in [-0.2, 0) is 0 Å². The second-order valence-corrected chi connectivity index (χ2v) is 2.39. The Labute approximate surface area is 81.9 Å². The Balaban J connectivity index is 3.39. The number of nitro benzene ring substituents is 2. The minimum atomic E-state index is -0.822. The topological polar surface area (TPSA) is 137 Å². The number of hydrogen-bond acceptors (Lipinski definition) is 6. The molecule has 0 fully saturated rings. The van der Waals surface area contributed by atoms with Gasteiger partial charge in [-0.1, -0.05) is 0 Å². The van der Waals surface area contributed by atoms with Crippen molar-refractivity contribution in [2.24, 2.45) is 5.11 Å². The van der Waals surface area contributed by atoms with Crippen molar-refractivity contribution in [3.63, 3.8) is 0 Å². The minimum absolute atomic E-state index is 0.194. The van der Waals surface area contributed by atoms with E-state index in [0.29, 0.717) is 0 Å². The van der Waals surface area contributed by atoms with Gasteiger partial charge in [0.25, 0.3) is 5.69 Å².